The van der Waals surface area contributed by atoms with E-state index >= 15 is 0 Å². The van der Waals surface area contributed by atoms with Crippen LogP contribution in [0.5, 0.6) is 0 Å². The van der Waals surface area contributed by atoms with Gasteiger partial charge in [-0.3, -0.25) is 0 Å². The van der Waals surface area contributed by atoms with Gasteiger partial charge in [-0.2, -0.15) is 11.3 Å². The highest BCUT2D eigenvalue weighted by Gasteiger charge is 2.19. The molecule has 2 rings (SSSR count). The fraction of sp³-hybridized carbons (Fsp3) is 0.385. The Morgan fingerprint density at radius 3 is 2.94 bits per heavy atom. The third-order valence-electron chi connectivity index (χ3n) is 2.72. The van der Waals surface area contributed by atoms with Crippen molar-refractivity contribution in [2.45, 2.75) is 30.4 Å². The van der Waals surface area contributed by atoms with E-state index in [2.05, 4.69) is 23.8 Å². The lowest BCUT2D eigenvalue weighted by atomic mass is 10.1. The summed E-state index contributed by atoms with van der Waals surface area (Å²) < 4.78 is 5.36. The van der Waals surface area contributed by atoms with Gasteiger partial charge in [0.15, 0.2) is 0 Å². The first-order valence-corrected chi connectivity index (χ1v) is 7.72. The first-order chi connectivity index (χ1) is 8.31. The Balaban J connectivity index is 2.01. The summed E-state index contributed by atoms with van der Waals surface area (Å²) in [6, 6.07) is 6.30. The van der Waals surface area contributed by atoms with Gasteiger partial charge in [-0.15, -0.1) is 11.8 Å². The molecule has 92 valence electrons. The molecule has 0 saturated carbocycles. The van der Waals surface area contributed by atoms with Gasteiger partial charge < -0.3 is 10.2 Å². The van der Waals surface area contributed by atoms with E-state index in [4.69, 9.17) is 10.2 Å². The number of thioether (sulfide) groups is 1. The molecule has 0 amide bonds. The summed E-state index contributed by atoms with van der Waals surface area (Å²) in [7, 11) is 0. The van der Waals surface area contributed by atoms with Crippen molar-refractivity contribution in [3.8, 4) is 0 Å². The Kier molecular flexibility index (Phi) is 4.71. The van der Waals surface area contributed by atoms with Gasteiger partial charge in [0.25, 0.3) is 0 Å². The summed E-state index contributed by atoms with van der Waals surface area (Å²) in [6.45, 7) is 2.14. The van der Waals surface area contributed by atoms with Crippen molar-refractivity contribution in [3.63, 3.8) is 0 Å². The lowest BCUT2D eigenvalue weighted by molar-refractivity contribution is 0.529. The molecule has 0 aliphatic carbocycles. The highest BCUT2D eigenvalue weighted by atomic mass is 32.2. The van der Waals surface area contributed by atoms with Gasteiger partial charge in [0.2, 0.25) is 0 Å². The van der Waals surface area contributed by atoms with Crippen molar-refractivity contribution in [1.82, 2.24) is 0 Å². The number of hydrogen-bond donors (Lipinski definition) is 1. The summed E-state index contributed by atoms with van der Waals surface area (Å²) in [4.78, 5) is 0. The third-order valence-corrected chi connectivity index (χ3v) is 4.85. The smallest absolute Gasteiger partial charge is 0.113 e. The zero-order chi connectivity index (χ0) is 12.1. The predicted octanol–water partition coefficient (Wildman–Crippen LogP) is 4.05. The number of hydrogen-bond acceptors (Lipinski definition) is 4. The quantitative estimate of drug-likeness (QED) is 0.858. The van der Waals surface area contributed by atoms with Crippen molar-refractivity contribution < 1.29 is 4.42 Å². The fourth-order valence-corrected chi connectivity index (χ4v) is 3.75. The maximum absolute atomic E-state index is 6.20. The summed E-state index contributed by atoms with van der Waals surface area (Å²) in [6.07, 6.45) is 2.71. The molecule has 17 heavy (non-hydrogen) atoms. The molecular formula is C13H17NOS2. The van der Waals surface area contributed by atoms with Gasteiger partial charge in [-0.25, -0.2) is 0 Å². The molecule has 0 bridgehead atoms. The Bertz CT molecular complexity index is 411. The predicted molar refractivity (Wildman–Crippen MR) is 75.3 cm³/mol. The molecule has 2 heterocycles. The molecule has 2 aromatic rings. The van der Waals surface area contributed by atoms with E-state index in [0.29, 0.717) is 5.25 Å². The van der Waals surface area contributed by atoms with E-state index in [9.17, 15) is 0 Å². The average molecular weight is 267 g/mol. The minimum atomic E-state index is 0.199. The van der Waals surface area contributed by atoms with Crippen molar-refractivity contribution in [2.75, 3.05) is 0 Å². The van der Waals surface area contributed by atoms with E-state index in [1.807, 2.05) is 23.9 Å². The van der Waals surface area contributed by atoms with Crippen LogP contribution < -0.4 is 5.73 Å². The second-order valence-electron chi connectivity index (χ2n) is 3.94. The lowest BCUT2D eigenvalue weighted by Crippen LogP contribution is -2.25. The van der Waals surface area contributed by atoms with Crippen LogP contribution in [0.2, 0.25) is 0 Å². The minimum absolute atomic E-state index is 0.199. The molecule has 0 radical (unpaired) electrons. The monoisotopic (exact) mass is 267 g/mol. The van der Waals surface area contributed by atoms with Gasteiger partial charge in [-0.05, 0) is 40.9 Å². The van der Waals surface area contributed by atoms with Crippen molar-refractivity contribution in [2.24, 2.45) is 5.73 Å². The summed E-state index contributed by atoms with van der Waals surface area (Å²) >= 11 is 3.58. The molecule has 0 aliphatic heterocycles. The average Bonchev–Trinajstić information content (AvgIpc) is 3.01. The SMILES string of the molecule is CCC(N)C(SCc1ccco1)c1ccsc1. The van der Waals surface area contributed by atoms with E-state index in [1.165, 1.54) is 5.56 Å². The Labute approximate surface area is 110 Å². The fourth-order valence-electron chi connectivity index (χ4n) is 1.68. The highest BCUT2D eigenvalue weighted by Crippen LogP contribution is 2.35. The Hall–Kier alpha value is -0.710. The number of furan rings is 1. The molecule has 2 atom stereocenters. The minimum Gasteiger partial charge on any atom is -0.468 e. The molecule has 2 nitrogen and oxygen atoms in total. The standard InChI is InChI=1S/C13H17NOS2/c1-2-12(14)13(10-5-7-16-8-10)17-9-11-4-3-6-15-11/h3-8,12-13H,2,9,14H2,1H3. The zero-order valence-electron chi connectivity index (χ0n) is 9.84. The molecule has 0 saturated heterocycles. The summed E-state index contributed by atoms with van der Waals surface area (Å²) in [5, 5.41) is 4.66. The van der Waals surface area contributed by atoms with Gasteiger partial charge in [0.05, 0.1) is 12.0 Å². The first kappa shape index (κ1) is 12.7. The van der Waals surface area contributed by atoms with Crippen LogP contribution in [-0.4, -0.2) is 6.04 Å². The number of thiophene rings is 1. The maximum Gasteiger partial charge on any atom is 0.113 e. The first-order valence-electron chi connectivity index (χ1n) is 5.73. The second kappa shape index (κ2) is 6.28. The van der Waals surface area contributed by atoms with Crippen LogP contribution in [0, 0.1) is 0 Å². The van der Waals surface area contributed by atoms with Crippen LogP contribution >= 0.6 is 23.1 Å². The van der Waals surface area contributed by atoms with Crippen LogP contribution in [0.4, 0.5) is 0 Å². The van der Waals surface area contributed by atoms with E-state index in [0.717, 1.165) is 17.9 Å². The van der Waals surface area contributed by atoms with Gasteiger partial charge in [0.1, 0.15) is 5.76 Å². The highest BCUT2D eigenvalue weighted by molar-refractivity contribution is 7.98. The largest absolute Gasteiger partial charge is 0.468 e. The van der Waals surface area contributed by atoms with Crippen LogP contribution in [-0.2, 0) is 5.75 Å². The van der Waals surface area contributed by atoms with Crippen molar-refractivity contribution >= 4 is 23.1 Å². The zero-order valence-corrected chi connectivity index (χ0v) is 11.5. The van der Waals surface area contributed by atoms with Crippen molar-refractivity contribution in [1.29, 1.82) is 0 Å². The normalized spacial score (nSPS) is 14.7. The van der Waals surface area contributed by atoms with Gasteiger partial charge in [-0.1, -0.05) is 6.92 Å². The topological polar surface area (TPSA) is 39.2 Å². The van der Waals surface area contributed by atoms with Gasteiger partial charge in [0, 0.05) is 11.3 Å². The maximum atomic E-state index is 6.20. The molecule has 2 aromatic heterocycles. The van der Waals surface area contributed by atoms with E-state index in [-0.39, 0.29) is 6.04 Å². The molecule has 2 unspecified atom stereocenters. The van der Waals surface area contributed by atoms with E-state index in [1.54, 1.807) is 17.6 Å². The van der Waals surface area contributed by atoms with Crippen LogP contribution in [0.15, 0.2) is 39.6 Å². The molecule has 2 N–H and O–H groups in total. The van der Waals surface area contributed by atoms with Crippen LogP contribution in [0.3, 0.4) is 0 Å². The number of nitrogens with two attached hydrogens (primary N) is 1. The molecule has 0 aliphatic rings. The van der Waals surface area contributed by atoms with Crippen LogP contribution in [0.25, 0.3) is 0 Å². The third kappa shape index (κ3) is 3.37. The molecule has 4 heteroatoms. The van der Waals surface area contributed by atoms with E-state index < -0.39 is 0 Å². The van der Waals surface area contributed by atoms with Crippen molar-refractivity contribution in [3.05, 3.63) is 46.5 Å². The molecule has 0 aromatic carbocycles. The Morgan fingerprint density at radius 2 is 2.35 bits per heavy atom. The van der Waals surface area contributed by atoms with Crippen LogP contribution in [0.1, 0.15) is 29.9 Å². The summed E-state index contributed by atoms with van der Waals surface area (Å²) in [5.41, 5.74) is 7.54. The molecule has 0 fully saturated rings. The Morgan fingerprint density at radius 1 is 1.47 bits per heavy atom. The second-order valence-corrected chi connectivity index (χ2v) is 5.85. The molecule has 0 spiro atoms. The summed E-state index contributed by atoms with van der Waals surface area (Å²) in [5.74, 6) is 1.89. The molecular weight excluding hydrogens is 250 g/mol. The number of rotatable bonds is 6. The van der Waals surface area contributed by atoms with Gasteiger partial charge >= 0.3 is 0 Å². The lowest BCUT2D eigenvalue weighted by Gasteiger charge is -2.21.